The highest BCUT2D eigenvalue weighted by Crippen LogP contribution is 2.71. The molecule has 0 unspecified atom stereocenters. The van der Waals surface area contributed by atoms with Gasteiger partial charge in [-0.3, -0.25) is 9.59 Å². The lowest BCUT2D eigenvalue weighted by Crippen LogP contribution is -2.55. The van der Waals surface area contributed by atoms with E-state index in [4.69, 9.17) is 0 Å². The predicted octanol–water partition coefficient (Wildman–Crippen LogP) is 14.0. The molecular formula is C68H94N2O4. The van der Waals surface area contributed by atoms with Crippen molar-refractivity contribution in [2.24, 2.45) is 80.8 Å². The minimum Gasteiger partial charge on any atom is -0.378 e. The van der Waals surface area contributed by atoms with E-state index in [1.54, 1.807) is 0 Å². The van der Waals surface area contributed by atoms with Crippen LogP contribution in [0.25, 0.3) is 0 Å². The lowest BCUT2D eigenvalue weighted by Gasteiger charge is -2.58. The molecule has 16 atom stereocenters. The maximum atomic E-state index is 12.4. The maximum absolute atomic E-state index is 12.4. The monoisotopic (exact) mass is 1000 g/mol. The number of anilines is 2. The van der Waals surface area contributed by atoms with E-state index in [9.17, 15) is 19.8 Å². The summed E-state index contributed by atoms with van der Waals surface area (Å²) in [5, 5.41) is 24.8. The molecule has 8 aliphatic rings. The van der Waals surface area contributed by atoms with E-state index in [1.807, 2.05) is 12.2 Å². The van der Waals surface area contributed by atoms with Gasteiger partial charge in [0.05, 0.1) is 0 Å². The highest BCUT2D eigenvalue weighted by atomic mass is 16.3. The van der Waals surface area contributed by atoms with E-state index < -0.39 is 11.2 Å². The minimum absolute atomic E-state index is 0.137. The Morgan fingerprint density at radius 1 is 0.568 bits per heavy atom. The molecule has 0 saturated heterocycles. The number of benzene rings is 2. The van der Waals surface area contributed by atoms with Crippen LogP contribution in [0.4, 0.5) is 11.4 Å². The van der Waals surface area contributed by atoms with E-state index in [0.29, 0.717) is 89.6 Å². The van der Waals surface area contributed by atoms with Crippen molar-refractivity contribution in [3.63, 3.8) is 0 Å². The van der Waals surface area contributed by atoms with Gasteiger partial charge in [0.1, 0.15) is 11.2 Å². The zero-order chi connectivity index (χ0) is 53.7. The van der Waals surface area contributed by atoms with Gasteiger partial charge in [-0.2, -0.15) is 0 Å². The van der Waals surface area contributed by atoms with Crippen LogP contribution in [-0.4, -0.2) is 60.2 Å². The summed E-state index contributed by atoms with van der Waals surface area (Å²) in [6.07, 6.45) is 15.7. The lowest BCUT2D eigenvalue weighted by molar-refractivity contribution is -0.118. The molecule has 0 radical (unpaired) electrons. The highest BCUT2D eigenvalue weighted by Gasteiger charge is 2.68. The molecule has 74 heavy (non-hydrogen) atoms. The summed E-state index contributed by atoms with van der Waals surface area (Å²) in [4.78, 5) is 29.2. The van der Waals surface area contributed by atoms with Crippen LogP contribution >= 0.6 is 0 Å². The van der Waals surface area contributed by atoms with Gasteiger partial charge in [-0.05, 0) is 238 Å². The van der Waals surface area contributed by atoms with Crippen molar-refractivity contribution >= 4 is 22.9 Å². The van der Waals surface area contributed by atoms with Gasteiger partial charge in [-0.25, -0.2) is 0 Å². The number of allylic oxidation sites excluding steroid dienone is 2. The Bertz CT molecular complexity index is 2640. The number of fused-ring (bicyclic) bond motifs is 10. The molecule has 400 valence electrons. The van der Waals surface area contributed by atoms with E-state index in [-0.39, 0.29) is 33.5 Å². The van der Waals surface area contributed by atoms with Gasteiger partial charge in [-0.15, -0.1) is 0 Å². The molecule has 10 rings (SSSR count). The summed E-state index contributed by atoms with van der Waals surface area (Å²) < 4.78 is 0. The molecule has 0 amide bonds. The summed E-state index contributed by atoms with van der Waals surface area (Å²) >= 11 is 0. The molecule has 6 saturated carbocycles. The van der Waals surface area contributed by atoms with Gasteiger partial charge in [-0.1, -0.05) is 86.8 Å². The third-order valence-corrected chi connectivity index (χ3v) is 21.4. The van der Waals surface area contributed by atoms with Crippen molar-refractivity contribution in [3.8, 4) is 23.7 Å². The van der Waals surface area contributed by atoms with E-state index in [2.05, 4.69) is 186 Å². The Morgan fingerprint density at radius 3 is 1.30 bits per heavy atom. The molecular weight excluding hydrogens is 909 g/mol. The van der Waals surface area contributed by atoms with Crippen LogP contribution < -0.4 is 9.80 Å². The number of ketones is 2. The molecule has 6 nitrogen and oxygen atoms in total. The predicted molar refractivity (Wildman–Crippen MR) is 305 cm³/mol. The van der Waals surface area contributed by atoms with E-state index >= 15 is 0 Å². The molecule has 0 spiro atoms. The summed E-state index contributed by atoms with van der Waals surface area (Å²) in [7, 11) is 6.33. The van der Waals surface area contributed by atoms with Crippen LogP contribution in [0.3, 0.4) is 0 Å². The second-order valence-electron chi connectivity index (χ2n) is 28.5. The second-order valence-corrected chi connectivity index (χ2v) is 28.5. The van der Waals surface area contributed by atoms with Crippen molar-refractivity contribution in [1.29, 1.82) is 0 Å². The first-order valence-corrected chi connectivity index (χ1v) is 29.2. The van der Waals surface area contributed by atoms with Crippen molar-refractivity contribution in [2.45, 2.75) is 189 Å². The van der Waals surface area contributed by atoms with Crippen LogP contribution in [0.1, 0.15) is 183 Å². The third-order valence-electron chi connectivity index (χ3n) is 21.4. The van der Waals surface area contributed by atoms with Crippen molar-refractivity contribution in [1.82, 2.24) is 0 Å². The van der Waals surface area contributed by atoms with Crippen LogP contribution in [0, 0.1) is 105 Å². The smallest absolute Gasteiger partial charge is 0.155 e. The van der Waals surface area contributed by atoms with Gasteiger partial charge in [0.25, 0.3) is 0 Å². The third kappa shape index (κ3) is 9.60. The fourth-order valence-electron chi connectivity index (χ4n) is 17.3. The van der Waals surface area contributed by atoms with Gasteiger partial charge >= 0.3 is 0 Å². The Hall–Kier alpha value is -4.10. The average molecular weight is 1000 g/mol. The van der Waals surface area contributed by atoms with Gasteiger partial charge < -0.3 is 20.0 Å². The van der Waals surface area contributed by atoms with Crippen molar-refractivity contribution in [2.75, 3.05) is 30.9 Å². The van der Waals surface area contributed by atoms with Crippen LogP contribution in [0.15, 0.2) is 71.8 Å². The lowest BCUT2D eigenvalue weighted by atomic mass is 9.46. The summed E-state index contributed by atoms with van der Waals surface area (Å²) in [5.41, 5.74) is 5.31. The largest absolute Gasteiger partial charge is 0.378 e. The molecule has 2 aromatic carbocycles. The maximum Gasteiger partial charge on any atom is 0.155 e. The molecule has 0 aliphatic heterocycles. The zero-order valence-electron chi connectivity index (χ0n) is 48.4. The quantitative estimate of drug-likeness (QED) is 0.291. The topological polar surface area (TPSA) is 81.1 Å². The Kier molecular flexibility index (Phi) is 14.6. The van der Waals surface area contributed by atoms with Crippen LogP contribution in [0.5, 0.6) is 0 Å². The van der Waals surface area contributed by atoms with Crippen LogP contribution in [0.2, 0.25) is 0 Å². The molecule has 0 aromatic heterocycles. The summed E-state index contributed by atoms with van der Waals surface area (Å²) in [6, 6.07) is 18.8. The highest BCUT2D eigenvalue weighted by molar-refractivity contribution is 5.92. The zero-order valence-corrected chi connectivity index (χ0v) is 48.4. The number of rotatable bonds is 5. The van der Waals surface area contributed by atoms with Gasteiger partial charge in [0, 0.05) is 73.1 Å². The number of aliphatic hydroxyl groups is 2. The number of nitrogens with zero attached hydrogens (tertiary/aromatic N) is 2. The first kappa shape index (κ1) is 54.7. The first-order chi connectivity index (χ1) is 34.6. The fraction of sp³-hybridized carbons (Fsp3) is 0.676. The molecule has 6 fully saturated rings. The van der Waals surface area contributed by atoms with Crippen molar-refractivity contribution < 1.29 is 19.8 Å². The first-order valence-electron chi connectivity index (χ1n) is 29.2. The molecule has 2 N–H and O–H groups in total. The summed E-state index contributed by atoms with van der Waals surface area (Å²) in [5.74, 6) is 19.6. The molecule has 6 heteroatoms. The van der Waals surface area contributed by atoms with Crippen LogP contribution in [-0.2, 0) is 9.59 Å². The molecule has 2 aromatic rings. The fourth-order valence-corrected chi connectivity index (χ4v) is 17.3. The average Bonchev–Trinajstić information content (AvgIpc) is 3.68. The number of carbonyl (C=O) groups excluding carboxylic acids is 2. The second kappa shape index (κ2) is 19.7. The number of carbonyl (C=O) groups is 2. The Labute approximate surface area is 448 Å². The molecule has 8 aliphatic carbocycles. The Balaban J connectivity index is 0.000000182. The van der Waals surface area contributed by atoms with Gasteiger partial charge in [0.2, 0.25) is 0 Å². The SMILES string of the molecule is CC(C)N(C)c1ccc([C@H]2C[C@@]3(C)[C@@H](C[C@H](C)[C@@]3(O)C#CC(C)(C)C)[C@@H]3CCC4=CC(=O)CC[C@@H]4[C@H]32)cc1.C[C@@H]1C[C@H]2[C@@H]3CCC4=CC(=O)CC[C@@H]4[C@H]3[C@@H](c3ccc(N(C)C)cc3)C[C@]2(C)[C@]1(O)C#CC(C)(C)C. The van der Waals surface area contributed by atoms with Crippen molar-refractivity contribution in [3.05, 3.63) is 83.0 Å². The standard InChI is InChI=1S/C35H49NO2.C33H45NO2/c1-22(2)36(8)26-12-9-24(10-13-26)30-21-34(7)31(19-23(3)35(34,38)18-17-33(4,5)6)29-15-11-25-20-27(37)14-16-28(25)32(29)30;1-21-18-29-27-14-10-23-19-25(35)13-15-26(23)30(27)28(22-8-11-24(12-9-22)34(6)7)20-32(29,5)33(21,36)17-16-31(2,3)4/h9-10,12-13,20,22-23,28-32,38H,11,14-16,19,21H2,1-8H3;8-9,11-12,19,21,26-30,36H,10,13-15,18,20H2,1-7H3/t23-,28-,29-,30+,31-,32+,34-,35-;21-,26+,27+,28-,29+,30-,32+,33+/m01/s1. The normalized spacial score (nSPS) is 39.1. The Morgan fingerprint density at radius 2 is 0.946 bits per heavy atom. The van der Waals surface area contributed by atoms with Gasteiger partial charge in [0.15, 0.2) is 11.6 Å². The molecule has 0 heterocycles. The summed E-state index contributed by atoms with van der Waals surface area (Å²) in [6.45, 7) is 26.4. The number of hydrogen-bond acceptors (Lipinski definition) is 6. The molecule has 0 bridgehead atoms. The minimum atomic E-state index is -0.982. The number of hydrogen-bond donors (Lipinski definition) is 2. The van der Waals surface area contributed by atoms with E-state index in [0.717, 1.165) is 64.2 Å². The van der Waals surface area contributed by atoms with E-state index in [1.165, 1.54) is 33.6 Å².